The van der Waals surface area contributed by atoms with Crippen LogP contribution in [0.3, 0.4) is 0 Å². The highest BCUT2D eigenvalue weighted by atomic mass is 16.3. The van der Waals surface area contributed by atoms with Gasteiger partial charge in [0.05, 0.1) is 0 Å². The number of aliphatic hydroxyl groups excluding tert-OH is 1. The molecule has 3 rings (SSSR count). The minimum atomic E-state index is -0.504. The second-order valence-corrected chi connectivity index (χ2v) is 4.91. The number of hydrogen-bond acceptors (Lipinski definition) is 5. The van der Waals surface area contributed by atoms with E-state index >= 15 is 0 Å². The predicted octanol–water partition coefficient (Wildman–Crippen LogP) is 1.14. The maximum atomic E-state index is 11.1. The summed E-state index contributed by atoms with van der Waals surface area (Å²) in [6.45, 7) is -0.123. The van der Waals surface area contributed by atoms with E-state index in [1.54, 1.807) is 0 Å². The number of aromatic amines is 1. The summed E-state index contributed by atoms with van der Waals surface area (Å²) in [6.07, 6.45) is 0. The molecule has 1 amide bonds. The summed E-state index contributed by atoms with van der Waals surface area (Å²) < 4.78 is 0. The average molecular weight is 309 g/mol. The lowest BCUT2D eigenvalue weighted by atomic mass is 9.98. The molecule has 0 spiro atoms. The number of H-pyrrole nitrogens is 1. The van der Waals surface area contributed by atoms with Gasteiger partial charge in [-0.25, -0.2) is 0 Å². The van der Waals surface area contributed by atoms with Crippen LogP contribution in [-0.4, -0.2) is 38.2 Å². The fourth-order valence-corrected chi connectivity index (χ4v) is 2.26. The molecular formula is C16H15N5O2. The van der Waals surface area contributed by atoms with Crippen molar-refractivity contribution >= 4 is 5.91 Å². The zero-order valence-electron chi connectivity index (χ0n) is 12.2. The van der Waals surface area contributed by atoms with Gasteiger partial charge in [0.25, 0.3) is 0 Å². The van der Waals surface area contributed by atoms with Crippen molar-refractivity contribution in [3.8, 4) is 22.5 Å². The summed E-state index contributed by atoms with van der Waals surface area (Å²) in [4.78, 5) is 11.1. The summed E-state index contributed by atoms with van der Waals surface area (Å²) in [7, 11) is 0. The molecule has 7 nitrogen and oxygen atoms in total. The van der Waals surface area contributed by atoms with Crippen LogP contribution < -0.4 is 5.32 Å². The van der Waals surface area contributed by atoms with Gasteiger partial charge in [-0.05, 0) is 21.9 Å². The number of nitrogens with zero attached hydrogens (tertiary/aromatic N) is 3. The van der Waals surface area contributed by atoms with Crippen LogP contribution in [0.15, 0.2) is 48.5 Å². The van der Waals surface area contributed by atoms with Gasteiger partial charge in [0.1, 0.15) is 6.61 Å². The fourth-order valence-electron chi connectivity index (χ4n) is 2.26. The number of carbonyl (C=O) groups is 1. The van der Waals surface area contributed by atoms with E-state index in [-0.39, 0.29) is 0 Å². The van der Waals surface area contributed by atoms with Crippen molar-refractivity contribution in [2.45, 2.75) is 6.54 Å². The van der Waals surface area contributed by atoms with Crippen LogP contribution in [0.1, 0.15) is 5.56 Å². The van der Waals surface area contributed by atoms with Gasteiger partial charge < -0.3 is 10.4 Å². The Kier molecular flexibility index (Phi) is 4.39. The zero-order valence-corrected chi connectivity index (χ0v) is 12.2. The van der Waals surface area contributed by atoms with Gasteiger partial charge in [0.15, 0.2) is 0 Å². The molecule has 0 unspecified atom stereocenters. The molecule has 0 saturated carbocycles. The Hall–Kier alpha value is -3.06. The number of benzene rings is 2. The third kappa shape index (κ3) is 3.41. The molecule has 1 heterocycles. The van der Waals surface area contributed by atoms with Crippen molar-refractivity contribution in [1.82, 2.24) is 25.9 Å². The van der Waals surface area contributed by atoms with E-state index in [1.165, 1.54) is 0 Å². The second-order valence-electron chi connectivity index (χ2n) is 4.91. The van der Waals surface area contributed by atoms with Gasteiger partial charge in [-0.15, -0.1) is 10.2 Å². The second kappa shape index (κ2) is 6.80. The maximum absolute atomic E-state index is 11.1. The Balaban J connectivity index is 1.84. The van der Waals surface area contributed by atoms with Crippen molar-refractivity contribution < 1.29 is 9.90 Å². The van der Waals surface area contributed by atoms with Crippen molar-refractivity contribution in [3.63, 3.8) is 0 Å². The molecule has 1 aromatic heterocycles. The maximum Gasteiger partial charge on any atom is 0.245 e. The molecule has 3 aromatic rings. The molecule has 2 aromatic carbocycles. The van der Waals surface area contributed by atoms with E-state index < -0.39 is 12.5 Å². The van der Waals surface area contributed by atoms with Crippen LogP contribution in [0.2, 0.25) is 0 Å². The quantitative estimate of drug-likeness (QED) is 0.656. The highest BCUT2D eigenvalue weighted by Crippen LogP contribution is 2.29. The number of rotatable bonds is 5. The SMILES string of the molecule is O=C(CO)NCc1ccc(-c2ccccc2-c2nn[nH]n2)cc1. The number of nitrogens with one attached hydrogen (secondary N) is 2. The highest BCUT2D eigenvalue weighted by molar-refractivity contribution is 5.80. The molecule has 0 fully saturated rings. The first-order valence-corrected chi connectivity index (χ1v) is 7.07. The molecule has 116 valence electrons. The Labute approximate surface area is 132 Å². The molecular weight excluding hydrogens is 294 g/mol. The van der Waals surface area contributed by atoms with E-state index in [4.69, 9.17) is 5.11 Å². The van der Waals surface area contributed by atoms with Gasteiger partial charge in [0.2, 0.25) is 11.7 Å². The topological polar surface area (TPSA) is 104 Å². The number of aromatic nitrogens is 4. The molecule has 3 N–H and O–H groups in total. The van der Waals surface area contributed by atoms with E-state index in [0.717, 1.165) is 22.3 Å². The summed E-state index contributed by atoms with van der Waals surface area (Å²) >= 11 is 0. The van der Waals surface area contributed by atoms with Crippen LogP contribution in [0, 0.1) is 0 Å². The number of tetrazole rings is 1. The summed E-state index contributed by atoms with van der Waals surface area (Å²) in [5.41, 5.74) is 3.86. The first kappa shape index (κ1) is 14.9. The van der Waals surface area contributed by atoms with Gasteiger partial charge >= 0.3 is 0 Å². The minimum Gasteiger partial charge on any atom is -0.387 e. The lowest BCUT2D eigenvalue weighted by Crippen LogP contribution is -2.25. The Morgan fingerprint density at radius 1 is 1.09 bits per heavy atom. The summed E-state index contributed by atoms with van der Waals surface area (Å²) in [5, 5.41) is 25.4. The van der Waals surface area contributed by atoms with Crippen molar-refractivity contribution in [1.29, 1.82) is 0 Å². The molecule has 0 saturated heterocycles. The summed E-state index contributed by atoms with van der Waals surface area (Å²) in [6, 6.07) is 15.6. The molecule has 23 heavy (non-hydrogen) atoms. The lowest BCUT2D eigenvalue weighted by molar-refractivity contribution is -0.123. The van der Waals surface area contributed by atoms with Crippen LogP contribution >= 0.6 is 0 Å². The number of hydrogen-bond donors (Lipinski definition) is 3. The fraction of sp³-hybridized carbons (Fsp3) is 0.125. The van der Waals surface area contributed by atoms with Gasteiger partial charge in [-0.1, -0.05) is 48.5 Å². The normalized spacial score (nSPS) is 10.5. The van der Waals surface area contributed by atoms with E-state index in [0.29, 0.717) is 12.4 Å². The molecule has 0 aliphatic heterocycles. The minimum absolute atomic E-state index is 0.381. The summed E-state index contributed by atoms with van der Waals surface area (Å²) in [5.74, 6) is 0.149. The Morgan fingerprint density at radius 2 is 1.83 bits per heavy atom. The van der Waals surface area contributed by atoms with Crippen LogP contribution in [0.5, 0.6) is 0 Å². The lowest BCUT2D eigenvalue weighted by Gasteiger charge is -2.08. The van der Waals surface area contributed by atoms with Gasteiger partial charge in [-0.2, -0.15) is 5.21 Å². The smallest absolute Gasteiger partial charge is 0.245 e. The van der Waals surface area contributed by atoms with E-state index in [1.807, 2.05) is 48.5 Å². The van der Waals surface area contributed by atoms with Gasteiger partial charge in [0, 0.05) is 12.1 Å². The first-order chi connectivity index (χ1) is 11.3. The molecule has 0 aliphatic rings. The average Bonchev–Trinajstić information content (AvgIpc) is 3.14. The van der Waals surface area contributed by atoms with Gasteiger partial charge in [-0.3, -0.25) is 4.79 Å². The third-order valence-electron chi connectivity index (χ3n) is 3.41. The molecule has 7 heteroatoms. The Bertz CT molecular complexity index is 784. The third-order valence-corrected chi connectivity index (χ3v) is 3.41. The molecule has 0 atom stereocenters. The molecule has 0 radical (unpaired) electrons. The number of aliphatic hydroxyl groups is 1. The standard InChI is InChI=1S/C16H15N5O2/c22-10-15(23)17-9-11-5-7-12(8-6-11)13-3-1-2-4-14(13)16-18-20-21-19-16/h1-8,22H,9-10H2,(H,17,23)(H,18,19,20,21). The van der Waals surface area contributed by atoms with E-state index in [9.17, 15) is 4.79 Å². The van der Waals surface area contributed by atoms with Crippen molar-refractivity contribution in [2.75, 3.05) is 6.61 Å². The number of carbonyl (C=O) groups excluding carboxylic acids is 1. The predicted molar refractivity (Wildman–Crippen MR) is 84.0 cm³/mol. The van der Waals surface area contributed by atoms with Crippen molar-refractivity contribution in [3.05, 3.63) is 54.1 Å². The first-order valence-electron chi connectivity index (χ1n) is 7.07. The molecule has 0 aliphatic carbocycles. The van der Waals surface area contributed by atoms with E-state index in [2.05, 4.69) is 25.9 Å². The molecule has 0 bridgehead atoms. The number of amides is 1. The van der Waals surface area contributed by atoms with Crippen LogP contribution in [0.4, 0.5) is 0 Å². The highest BCUT2D eigenvalue weighted by Gasteiger charge is 2.10. The zero-order chi connectivity index (χ0) is 16.1. The van der Waals surface area contributed by atoms with Crippen LogP contribution in [-0.2, 0) is 11.3 Å². The van der Waals surface area contributed by atoms with Crippen molar-refractivity contribution in [2.24, 2.45) is 0 Å². The monoisotopic (exact) mass is 309 g/mol. The van der Waals surface area contributed by atoms with Crippen LogP contribution in [0.25, 0.3) is 22.5 Å². The largest absolute Gasteiger partial charge is 0.387 e. The Morgan fingerprint density at radius 3 is 2.48 bits per heavy atom.